The lowest BCUT2D eigenvalue weighted by atomic mass is 9.76. The first-order chi connectivity index (χ1) is 17.3. The monoisotopic (exact) mass is 472 g/mol. The molecule has 1 aliphatic carbocycles. The van der Waals surface area contributed by atoms with Crippen molar-refractivity contribution >= 4 is 11.9 Å². The minimum Gasteiger partial charge on any atom is -0.158 e. The van der Waals surface area contributed by atoms with Crippen LogP contribution >= 0.6 is 0 Å². The summed E-state index contributed by atoms with van der Waals surface area (Å²) in [4.78, 5) is 0. The van der Waals surface area contributed by atoms with E-state index >= 15 is 0 Å². The molecule has 0 spiro atoms. The largest absolute Gasteiger partial charge is 0.158 e. The zero-order chi connectivity index (χ0) is 24.6. The normalized spacial score (nSPS) is 18.9. The third-order valence-electron chi connectivity index (χ3n) is 7.69. The van der Waals surface area contributed by atoms with E-state index in [1.165, 1.54) is 113 Å². The standard InChI is InChI=1S/C33H48N2/c1-3-5-7-9-12-16-28-19-21-30(22-20-28)27-34-35-33(31-17-13-10-14-18-31)32-25-23-29(24-26-32)15-11-8-6-4-2/h10,13-14,17-22,27,29,32H,3-9,11-12,15-16,23-26H2,1-2H3. The van der Waals surface area contributed by atoms with Crippen molar-refractivity contribution in [2.75, 3.05) is 0 Å². The second-order valence-corrected chi connectivity index (χ2v) is 10.6. The lowest BCUT2D eigenvalue weighted by molar-refractivity contribution is 0.298. The van der Waals surface area contributed by atoms with E-state index in [0.717, 1.165) is 11.5 Å². The number of rotatable bonds is 15. The van der Waals surface area contributed by atoms with E-state index in [0.29, 0.717) is 5.92 Å². The van der Waals surface area contributed by atoms with Crippen LogP contribution in [0.4, 0.5) is 0 Å². The quantitative estimate of drug-likeness (QED) is 0.140. The van der Waals surface area contributed by atoms with Crippen LogP contribution in [-0.4, -0.2) is 11.9 Å². The predicted octanol–water partition coefficient (Wildman–Crippen LogP) is 9.80. The van der Waals surface area contributed by atoms with E-state index in [9.17, 15) is 0 Å². The van der Waals surface area contributed by atoms with Gasteiger partial charge in [0.25, 0.3) is 0 Å². The SMILES string of the molecule is CCCCCCCc1ccc(C=NN=C(c2ccccc2)C2CCC(CCCCCC)CC2)cc1. The van der Waals surface area contributed by atoms with Crippen molar-refractivity contribution in [3.8, 4) is 0 Å². The van der Waals surface area contributed by atoms with E-state index in [1.54, 1.807) is 0 Å². The smallest absolute Gasteiger partial charge is 0.0733 e. The molecule has 3 rings (SSSR count). The molecular formula is C33H48N2. The molecule has 2 aromatic carbocycles. The number of hydrogen-bond acceptors (Lipinski definition) is 2. The Bertz CT molecular complexity index is 858. The Morgan fingerprint density at radius 3 is 2.09 bits per heavy atom. The highest BCUT2D eigenvalue weighted by molar-refractivity contribution is 6.02. The van der Waals surface area contributed by atoms with Gasteiger partial charge < -0.3 is 0 Å². The zero-order valence-electron chi connectivity index (χ0n) is 22.4. The van der Waals surface area contributed by atoms with Crippen molar-refractivity contribution in [2.24, 2.45) is 22.0 Å². The Morgan fingerprint density at radius 1 is 0.743 bits per heavy atom. The number of aryl methyl sites for hydroxylation is 1. The molecule has 2 heteroatoms. The molecule has 0 aromatic heterocycles. The average molecular weight is 473 g/mol. The molecule has 0 aliphatic heterocycles. The molecule has 1 saturated carbocycles. The lowest BCUT2D eigenvalue weighted by Crippen LogP contribution is -2.22. The molecule has 0 radical (unpaired) electrons. The molecule has 0 bridgehead atoms. The van der Waals surface area contributed by atoms with E-state index in [1.807, 2.05) is 6.21 Å². The highest BCUT2D eigenvalue weighted by Crippen LogP contribution is 2.34. The Balaban J connectivity index is 1.56. The Kier molecular flexibility index (Phi) is 12.9. The molecule has 0 N–H and O–H groups in total. The molecule has 190 valence electrons. The van der Waals surface area contributed by atoms with Crippen molar-refractivity contribution in [1.29, 1.82) is 0 Å². The Labute approximate surface area is 215 Å². The molecule has 0 unspecified atom stereocenters. The maximum Gasteiger partial charge on any atom is 0.0733 e. The summed E-state index contributed by atoms with van der Waals surface area (Å²) in [5, 5.41) is 9.38. The summed E-state index contributed by atoms with van der Waals surface area (Å²) >= 11 is 0. The van der Waals surface area contributed by atoms with Gasteiger partial charge in [0.15, 0.2) is 0 Å². The van der Waals surface area contributed by atoms with Gasteiger partial charge in [0.05, 0.1) is 11.9 Å². The molecule has 1 fully saturated rings. The van der Waals surface area contributed by atoms with Crippen LogP contribution < -0.4 is 0 Å². The van der Waals surface area contributed by atoms with Crippen LogP contribution in [0.2, 0.25) is 0 Å². The van der Waals surface area contributed by atoms with Gasteiger partial charge in [0, 0.05) is 5.92 Å². The van der Waals surface area contributed by atoms with Gasteiger partial charge in [0.1, 0.15) is 0 Å². The second-order valence-electron chi connectivity index (χ2n) is 10.6. The molecule has 2 aromatic rings. The number of unbranched alkanes of at least 4 members (excludes halogenated alkanes) is 7. The van der Waals surface area contributed by atoms with Gasteiger partial charge in [0.2, 0.25) is 0 Å². The van der Waals surface area contributed by atoms with Gasteiger partial charge in [-0.2, -0.15) is 10.2 Å². The first-order valence-corrected chi connectivity index (χ1v) is 14.6. The van der Waals surface area contributed by atoms with Crippen LogP contribution in [0.1, 0.15) is 120 Å². The summed E-state index contributed by atoms with van der Waals surface area (Å²) in [5.41, 5.74) is 4.97. The third kappa shape index (κ3) is 10.1. The molecule has 0 atom stereocenters. The van der Waals surface area contributed by atoms with E-state index in [-0.39, 0.29) is 0 Å². The predicted molar refractivity (Wildman–Crippen MR) is 154 cm³/mol. The summed E-state index contributed by atoms with van der Waals surface area (Å²) in [6.07, 6.45) is 21.9. The first-order valence-electron chi connectivity index (χ1n) is 14.6. The van der Waals surface area contributed by atoms with Crippen molar-refractivity contribution < 1.29 is 0 Å². The fourth-order valence-corrected chi connectivity index (χ4v) is 5.43. The van der Waals surface area contributed by atoms with Gasteiger partial charge in [-0.15, -0.1) is 0 Å². The summed E-state index contributed by atoms with van der Waals surface area (Å²) in [5.74, 6) is 1.44. The highest BCUT2D eigenvalue weighted by Gasteiger charge is 2.25. The summed E-state index contributed by atoms with van der Waals surface area (Å²) in [7, 11) is 0. The van der Waals surface area contributed by atoms with E-state index < -0.39 is 0 Å². The van der Waals surface area contributed by atoms with Crippen molar-refractivity contribution in [2.45, 2.75) is 110 Å². The van der Waals surface area contributed by atoms with E-state index in [4.69, 9.17) is 5.10 Å². The molecule has 2 nitrogen and oxygen atoms in total. The maximum atomic E-state index is 4.81. The summed E-state index contributed by atoms with van der Waals surface area (Å²) in [6, 6.07) is 19.6. The Hall–Kier alpha value is -2.22. The zero-order valence-corrected chi connectivity index (χ0v) is 22.4. The fourth-order valence-electron chi connectivity index (χ4n) is 5.43. The molecule has 1 aliphatic rings. The number of nitrogens with zero attached hydrogens (tertiary/aromatic N) is 2. The molecular weight excluding hydrogens is 424 g/mol. The van der Waals surface area contributed by atoms with Crippen LogP contribution in [0.15, 0.2) is 64.8 Å². The average Bonchev–Trinajstić information content (AvgIpc) is 2.91. The van der Waals surface area contributed by atoms with Gasteiger partial charge in [-0.05, 0) is 61.1 Å². The minimum absolute atomic E-state index is 0.525. The number of benzene rings is 2. The van der Waals surface area contributed by atoms with Gasteiger partial charge in [-0.3, -0.25) is 0 Å². The topological polar surface area (TPSA) is 24.7 Å². The van der Waals surface area contributed by atoms with E-state index in [2.05, 4.69) is 73.5 Å². The lowest BCUT2D eigenvalue weighted by Gasteiger charge is -2.29. The second kappa shape index (κ2) is 16.5. The first kappa shape index (κ1) is 27.4. The van der Waals surface area contributed by atoms with Crippen molar-refractivity contribution in [3.63, 3.8) is 0 Å². The summed E-state index contributed by atoms with van der Waals surface area (Å²) in [6.45, 7) is 4.57. The molecule has 0 heterocycles. The van der Waals surface area contributed by atoms with Crippen LogP contribution in [-0.2, 0) is 6.42 Å². The molecule has 35 heavy (non-hydrogen) atoms. The summed E-state index contributed by atoms with van der Waals surface area (Å²) < 4.78 is 0. The van der Waals surface area contributed by atoms with Crippen LogP contribution in [0, 0.1) is 11.8 Å². The van der Waals surface area contributed by atoms with Gasteiger partial charge in [-0.1, -0.05) is 126 Å². The number of hydrogen-bond donors (Lipinski definition) is 0. The highest BCUT2D eigenvalue weighted by atomic mass is 15.2. The Morgan fingerprint density at radius 2 is 1.40 bits per heavy atom. The van der Waals surface area contributed by atoms with Gasteiger partial charge >= 0.3 is 0 Å². The molecule has 0 amide bonds. The van der Waals surface area contributed by atoms with Crippen LogP contribution in [0.25, 0.3) is 0 Å². The van der Waals surface area contributed by atoms with Crippen molar-refractivity contribution in [3.05, 3.63) is 71.3 Å². The van der Waals surface area contributed by atoms with Gasteiger partial charge in [-0.25, -0.2) is 0 Å². The van der Waals surface area contributed by atoms with Crippen LogP contribution in [0.3, 0.4) is 0 Å². The third-order valence-corrected chi connectivity index (χ3v) is 7.69. The maximum absolute atomic E-state index is 4.81. The van der Waals surface area contributed by atoms with Crippen LogP contribution in [0.5, 0.6) is 0 Å². The van der Waals surface area contributed by atoms with Crippen molar-refractivity contribution in [1.82, 2.24) is 0 Å². The minimum atomic E-state index is 0.525. The molecule has 0 saturated heterocycles. The fraction of sp³-hybridized carbons (Fsp3) is 0.576.